The summed E-state index contributed by atoms with van der Waals surface area (Å²) in [4.78, 5) is 35.8. The van der Waals surface area contributed by atoms with Gasteiger partial charge in [0, 0.05) is 42.4 Å². The smallest absolute Gasteiger partial charge is 0.306 e. The van der Waals surface area contributed by atoms with Gasteiger partial charge in [0.1, 0.15) is 11.4 Å². The topological polar surface area (TPSA) is 129 Å². The molecule has 0 N–H and O–H groups in total. The number of amides is 1. The normalized spacial score (nSPS) is 16.2. The molecule has 40 heavy (non-hydrogen) atoms. The van der Waals surface area contributed by atoms with Crippen molar-refractivity contribution in [2.75, 3.05) is 19.3 Å². The summed E-state index contributed by atoms with van der Waals surface area (Å²) in [7, 11) is -3.58. The Bertz CT molecular complexity index is 1720. The Balaban J connectivity index is 1.43. The van der Waals surface area contributed by atoms with Crippen molar-refractivity contribution in [3.8, 4) is 0 Å². The zero-order valence-corrected chi connectivity index (χ0v) is 24.4. The summed E-state index contributed by atoms with van der Waals surface area (Å²) in [6.45, 7) is 6.56. The molecule has 212 valence electrons. The highest BCUT2D eigenvalue weighted by Crippen LogP contribution is 2.31. The fourth-order valence-electron chi connectivity index (χ4n) is 5.10. The Hall–Kier alpha value is -3.51. The van der Waals surface area contributed by atoms with E-state index >= 15 is 0 Å². The molecular formula is C27H31ClN6O5S. The zero-order chi connectivity index (χ0) is 28.8. The molecule has 0 radical (unpaired) electrons. The number of halogens is 1. The van der Waals surface area contributed by atoms with E-state index in [2.05, 4.69) is 14.6 Å². The van der Waals surface area contributed by atoms with Crippen LogP contribution in [0.5, 0.6) is 0 Å². The fourth-order valence-corrected chi connectivity index (χ4v) is 6.08. The van der Waals surface area contributed by atoms with E-state index in [1.165, 1.54) is 6.20 Å². The van der Waals surface area contributed by atoms with Gasteiger partial charge in [-0.3, -0.25) is 19.3 Å². The van der Waals surface area contributed by atoms with Crippen molar-refractivity contribution < 1.29 is 22.7 Å². The van der Waals surface area contributed by atoms with E-state index < -0.39 is 21.4 Å². The van der Waals surface area contributed by atoms with Crippen LogP contribution in [-0.2, 0) is 30.7 Å². The van der Waals surface area contributed by atoms with Crippen molar-refractivity contribution in [2.45, 2.75) is 63.2 Å². The molecule has 1 amide bonds. The van der Waals surface area contributed by atoms with Gasteiger partial charge in [-0.2, -0.15) is 5.10 Å². The number of esters is 1. The lowest BCUT2D eigenvalue weighted by atomic mass is 10.2. The molecule has 1 aromatic carbocycles. The number of carbonyl (C=O) groups excluding carboxylic acids is 2. The number of sulfone groups is 1. The van der Waals surface area contributed by atoms with Gasteiger partial charge in [-0.25, -0.2) is 13.4 Å². The minimum Gasteiger partial charge on any atom is -0.460 e. The predicted octanol–water partition coefficient (Wildman–Crippen LogP) is 3.78. The summed E-state index contributed by atoms with van der Waals surface area (Å²) in [6.07, 6.45) is 5.04. The van der Waals surface area contributed by atoms with E-state index in [0.717, 1.165) is 11.8 Å². The number of aromatic nitrogens is 5. The van der Waals surface area contributed by atoms with Gasteiger partial charge in [-0.15, -0.1) is 0 Å². The molecule has 1 aliphatic heterocycles. The highest BCUT2D eigenvalue weighted by molar-refractivity contribution is 7.90. The van der Waals surface area contributed by atoms with E-state index in [4.69, 9.17) is 21.3 Å². The van der Waals surface area contributed by atoms with Crippen LogP contribution in [0.1, 0.15) is 51.9 Å². The van der Waals surface area contributed by atoms with Crippen molar-refractivity contribution in [3.63, 3.8) is 0 Å². The second kappa shape index (κ2) is 10.5. The fraction of sp³-hybridized carbons (Fsp3) is 0.444. The number of carbonyl (C=O) groups is 2. The van der Waals surface area contributed by atoms with Gasteiger partial charge >= 0.3 is 5.97 Å². The molecule has 11 nitrogen and oxygen atoms in total. The number of benzene rings is 1. The van der Waals surface area contributed by atoms with E-state index in [1.807, 2.05) is 6.07 Å². The summed E-state index contributed by atoms with van der Waals surface area (Å²) < 4.78 is 33.9. The van der Waals surface area contributed by atoms with Crippen molar-refractivity contribution >= 4 is 55.3 Å². The Morgan fingerprint density at radius 1 is 1.15 bits per heavy atom. The Morgan fingerprint density at radius 2 is 1.93 bits per heavy atom. The maximum Gasteiger partial charge on any atom is 0.306 e. The molecule has 0 bridgehead atoms. The average Bonchev–Trinajstić information content (AvgIpc) is 3.57. The van der Waals surface area contributed by atoms with Gasteiger partial charge in [0.15, 0.2) is 14.9 Å². The summed E-state index contributed by atoms with van der Waals surface area (Å²) in [5.74, 6) is 0.147. The van der Waals surface area contributed by atoms with Crippen molar-refractivity contribution in [1.82, 2.24) is 29.2 Å². The number of hydrogen-bond acceptors (Lipinski definition) is 8. The molecule has 3 aromatic heterocycles. The summed E-state index contributed by atoms with van der Waals surface area (Å²) >= 11 is 6.26. The highest BCUT2D eigenvalue weighted by Gasteiger charge is 2.31. The Labute approximate surface area is 237 Å². The van der Waals surface area contributed by atoms with Gasteiger partial charge < -0.3 is 14.2 Å². The van der Waals surface area contributed by atoms with E-state index in [-0.39, 0.29) is 36.4 Å². The Morgan fingerprint density at radius 3 is 2.65 bits per heavy atom. The number of fused-ring (bicyclic) bond motifs is 2. The van der Waals surface area contributed by atoms with Crippen LogP contribution in [0.4, 0.5) is 0 Å². The van der Waals surface area contributed by atoms with Crippen LogP contribution in [0.2, 0.25) is 5.02 Å². The number of hydrogen-bond donors (Lipinski definition) is 0. The minimum absolute atomic E-state index is 0.0155. The third-order valence-electron chi connectivity index (χ3n) is 6.73. The van der Waals surface area contributed by atoms with E-state index in [9.17, 15) is 18.0 Å². The summed E-state index contributed by atoms with van der Waals surface area (Å²) in [6, 6.07) is 7.02. The predicted molar refractivity (Wildman–Crippen MR) is 150 cm³/mol. The third-order valence-corrected chi connectivity index (χ3v) is 7.97. The first-order valence-electron chi connectivity index (χ1n) is 13.0. The molecule has 1 saturated heterocycles. The highest BCUT2D eigenvalue weighted by atomic mass is 35.5. The number of rotatable bonds is 7. The number of likely N-dealkylation sites (tertiary alicyclic amines) is 1. The number of imidazole rings is 1. The van der Waals surface area contributed by atoms with Crippen LogP contribution in [0.15, 0.2) is 41.7 Å². The Kier molecular flexibility index (Phi) is 7.34. The molecule has 5 rings (SSSR count). The standard InChI is InChI=1S/C27H31ClN6O5S/c1-27(2,3)39-25(36)8-7-24(35)32-12-10-18(15-32)34-21-6-5-17(28)13-20(21)30-23(34)16-33-22-14-29-11-9-19(22)26(31-33)40(4,37)38/h5-6,9,11,13-14,18H,7-8,10,12,15-16H2,1-4H3. The lowest BCUT2D eigenvalue weighted by Gasteiger charge is -2.21. The second-order valence-electron chi connectivity index (χ2n) is 11.0. The molecule has 0 spiro atoms. The molecule has 1 fully saturated rings. The molecule has 13 heteroatoms. The molecule has 0 saturated carbocycles. The van der Waals surface area contributed by atoms with Crippen molar-refractivity contribution in [2.24, 2.45) is 0 Å². The zero-order valence-electron chi connectivity index (χ0n) is 22.8. The molecule has 4 heterocycles. The quantitative estimate of drug-likeness (QED) is 0.299. The molecule has 4 aromatic rings. The first-order chi connectivity index (χ1) is 18.8. The van der Waals surface area contributed by atoms with Crippen LogP contribution in [0.3, 0.4) is 0 Å². The van der Waals surface area contributed by atoms with Crippen LogP contribution in [-0.4, -0.2) is 74.5 Å². The van der Waals surface area contributed by atoms with E-state index in [1.54, 1.807) is 54.7 Å². The van der Waals surface area contributed by atoms with Crippen molar-refractivity contribution in [3.05, 3.63) is 47.5 Å². The van der Waals surface area contributed by atoms with Gasteiger partial charge in [0.25, 0.3) is 0 Å². The van der Waals surface area contributed by atoms with Gasteiger partial charge in [0.2, 0.25) is 5.91 Å². The average molecular weight is 587 g/mol. The summed E-state index contributed by atoms with van der Waals surface area (Å²) in [5, 5.41) is 5.44. The van der Waals surface area contributed by atoms with Crippen LogP contribution in [0.25, 0.3) is 21.9 Å². The largest absolute Gasteiger partial charge is 0.460 e. The van der Waals surface area contributed by atoms with Gasteiger partial charge in [-0.1, -0.05) is 11.6 Å². The van der Waals surface area contributed by atoms with Gasteiger partial charge in [-0.05, 0) is 51.5 Å². The monoisotopic (exact) mass is 586 g/mol. The second-order valence-corrected chi connectivity index (χ2v) is 13.4. The first-order valence-corrected chi connectivity index (χ1v) is 15.2. The van der Waals surface area contributed by atoms with Crippen molar-refractivity contribution in [1.29, 1.82) is 0 Å². The summed E-state index contributed by atoms with van der Waals surface area (Å²) in [5.41, 5.74) is 1.52. The SMILES string of the molecule is CC(C)(C)OC(=O)CCC(=O)N1CCC(n2c(Cn3nc(S(C)(=O)=O)c4ccncc43)nc3cc(Cl)ccc32)C1. The molecule has 1 unspecified atom stereocenters. The lowest BCUT2D eigenvalue weighted by molar-refractivity contribution is -0.156. The first kappa shape index (κ1) is 28.0. The number of pyridine rings is 1. The molecular weight excluding hydrogens is 556 g/mol. The van der Waals surface area contributed by atoms with Gasteiger partial charge in [0.05, 0.1) is 41.8 Å². The third kappa shape index (κ3) is 5.83. The number of nitrogens with zero attached hydrogens (tertiary/aromatic N) is 6. The molecule has 1 aliphatic rings. The van der Waals surface area contributed by atoms with E-state index in [0.29, 0.717) is 46.8 Å². The maximum absolute atomic E-state index is 13.0. The molecule has 0 aliphatic carbocycles. The lowest BCUT2D eigenvalue weighted by Crippen LogP contribution is -2.30. The van der Waals surface area contributed by atoms with Crippen LogP contribution < -0.4 is 0 Å². The number of ether oxygens (including phenoxy) is 1. The van der Waals surface area contributed by atoms with Crippen LogP contribution >= 0.6 is 11.6 Å². The van der Waals surface area contributed by atoms with Crippen LogP contribution in [0, 0.1) is 0 Å². The minimum atomic E-state index is -3.58. The maximum atomic E-state index is 13.0. The molecule has 1 atom stereocenters.